The lowest BCUT2D eigenvalue weighted by molar-refractivity contribution is -0.118. The fourth-order valence-corrected chi connectivity index (χ4v) is 3.12. The van der Waals surface area contributed by atoms with Crippen LogP contribution >= 0.6 is 0 Å². The maximum absolute atomic E-state index is 12.4. The number of ether oxygens (including phenoxy) is 2. The highest BCUT2D eigenvalue weighted by Crippen LogP contribution is 2.27. The molecule has 3 aromatic carbocycles. The van der Waals surface area contributed by atoms with Crippen molar-refractivity contribution in [3.8, 4) is 11.5 Å². The molecule has 166 valence electrons. The summed E-state index contributed by atoms with van der Waals surface area (Å²) >= 11 is 0. The Morgan fingerprint density at radius 1 is 0.781 bits per heavy atom. The largest absolute Gasteiger partial charge is 0.484 e. The van der Waals surface area contributed by atoms with E-state index in [2.05, 4.69) is 24.5 Å². The van der Waals surface area contributed by atoms with Crippen molar-refractivity contribution in [3.63, 3.8) is 0 Å². The lowest BCUT2D eigenvalue weighted by Crippen LogP contribution is -2.22. The lowest BCUT2D eigenvalue weighted by Gasteiger charge is -2.15. The second kappa shape index (κ2) is 11.0. The van der Waals surface area contributed by atoms with E-state index in [1.54, 1.807) is 36.4 Å². The fourth-order valence-electron chi connectivity index (χ4n) is 3.12. The molecule has 2 amide bonds. The molecule has 0 unspecified atom stereocenters. The van der Waals surface area contributed by atoms with Gasteiger partial charge in [0.25, 0.3) is 11.8 Å². The zero-order chi connectivity index (χ0) is 22.9. The summed E-state index contributed by atoms with van der Waals surface area (Å²) in [6, 6.07) is 22.1. The van der Waals surface area contributed by atoms with Gasteiger partial charge >= 0.3 is 0 Å². The number of hydrogen-bond donors (Lipinski definition) is 2. The minimum Gasteiger partial charge on any atom is -0.484 e. The smallest absolute Gasteiger partial charge is 0.262 e. The zero-order valence-electron chi connectivity index (χ0n) is 18.6. The van der Waals surface area contributed by atoms with Crippen molar-refractivity contribution < 1.29 is 19.1 Å². The van der Waals surface area contributed by atoms with Crippen molar-refractivity contribution in [1.82, 2.24) is 0 Å². The van der Waals surface area contributed by atoms with Crippen molar-refractivity contribution in [2.45, 2.75) is 26.7 Å². The van der Waals surface area contributed by atoms with E-state index in [0.717, 1.165) is 16.9 Å². The third kappa shape index (κ3) is 6.87. The summed E-state index contributed by atoms with van der Waals surface area (Å²) in [5, 5.41) is 5.56. The van der Waals surface area contributed by atoms with E-state index >= 15 is 0 Å². The topological polar surface area (TPSA) is 76.7 Å². The van der Waals surface area contributed by atoms with Crippen molar-refractivity contribution >= 4 is 23.2 Å². The molecule has 0 fully saturated rings. The number of amides is 2. The van der Waals surface area contributed by atoms with Crippen LogP contribution in [0, 0.1) is 6.92 Å². The van der Waals surface area contributed by atoms with Crippen LogP contribution in [0.4, 0.5) is 11.4 Å². The first-order valence-electron chi connectivity index (χ1n) is 10.5. The summed E-state index contributed by atoms with van der Waals surface area (Å²) in [6.45, 7) is 5.94. The van der Waals surface area contributed by atoms with E-state index in [1.807, 2.05) is 43.3 Å². The van der Waals surface area contributed by atoms with Crippen LogP contribution in [0.1, 0.15) is 30.9 Å². The summed E-state index contributed by atoms with van der Waals surface area (Å²) < 4.78 is 11.2. The second-order valence-corrected chi connectivity index (χ2v) is 7.76. The summed E-state index contributed by atoms with van der Waals surface area (Å²) in [6.07, 6.45) is 0. The van der Waals surface area contributed by atoms with Crippen LogP contribution in [0.3, 0.4) is 0 Å². The molecule has 0 atom stereocenters. The van der Waals surface area contributed by atoms with E-state index in [-0.39, 0.29) is 25.0 Å². The Labute approximate surface area is 188 Å². The van der Waals surface area contributed by atoms with Crippen LogP contribution in [0.2, 0.25) is 0 Å². The lowest BCUT2D eigenvalue weighted by atomic mass is 10.0. The van der Waals surface area contributed by atoms with E-state index in [0.29, 0.717) is 23.0 Å². The Kier molecular flexibility index (Phi) is 7.86. The third-order valence-corrected chi connectivity index (χ3v) is 4.69. The Morgan fingerprint density at radius 3 is 2.03 bits per heavy atom. The minimum atomic E-state index is -0.290. The summed E-state index contributed by atoms with van der Waals surface area (Å²) in [5.74, 6) is 1.06. The molecular formula is C26H28N2O4. The van der Waals surface area contributed by atoms with Gasteiger partial charge in [-0.05, 0) is 60.4 Å². The van der Waals surface area contributed by atoms with E-state index < -0.39 is 0 Å². The number of benzene rings is 3. The van der Waals surface area contributed by atoms with Gasteiger partial charge < -0.3 is 20.1 Å². The summed E-state index contributed by atoms with van der Waals surface area (Å²) in [4.78, 5) is 24.6. The number of para-hydroxylation sites is 1. The van der Waals surface area contributed by atoms with Crippen LogP contribution < -0.4 is 20.1 Å². The number of rotatable bonds is 9. The highest BCUT2D eigenvalue weighted by molar-refractivity contribution is 5.95. The molecule has 3 rings (SSSR count). The average Bonchev–Trinajstić information content (AvgIpc) is 2.77. The van der Waals surface area contributed by atoms with Crippen LogP contribution in [0.25, 0.3) is 0 Å². The van der Waals surface area contributed by atoms with Gasteiger partial charge in [-0.15, -0.1) is 0 Å². The standard InChI is InChI=1S/C26H28N2O4/c1-18(2)23-13-12-19(3)14-24(23)32-17-26(30)28-21-9-7-8-20(15-21)27-25(29)16-31-22-10-5-4-6-11-22/h4-15,18H,16-17H2,1-3H3,(H,27,29)(H,28,30). The molecule has 0 aliphatic carbocycles. The molecule has 3 aromatic rings. The molecule has 0 saturated heterocycles. The molecule has 6 nitrogen and oxygen atoms in total. The maximum atomic E-state index is 12.4. The minimum absolute atomic E-state index is 0.106. The van der Waals surface area contributed by atoms with E-state index in [1.165, 1.54) is 0 Å². The van der Waals surface area contributed by atoms with Gasteiger partial charge in [0.1, 0.15) is 11.5 Å². The summed E-state index contributed by atoms with van der Waals surface area (Å²) in [7, 11) is 0. The van der Waals surface area contributed by atoms with Gasteiger partial charge in [-0.1, -0.05) is 50.2 Å². The number of nitrogens with one attached hydrogen (secondary N) is 2. The number of anilines is 2. The van der Waals surface area contributed by atoms with Gasteiger partial charge in [-0.3, -0.25) is 9.59 Å². The molecule has 6 heteroatoms. The normalized spacial score (nSPS) is 10.5. The first-order valence-corrected chi connectivity index (χ1v) is 10.5. The van der Waals surface area contributed by atoms with E-state index in [4.69, 9.17) is 9.47 Å². The van der Waals surface area contributed by atoms with Crippen LogP contribution in [0.15, 0.2) is 72.8 Å². The zero-order valence-corrected chi connectivity index (χ0v) is 18.6. The maximum Gasteiger partial charge on any atom is 0.262 e. The molecule has 0 bridgehead atoms. The SMILES string of the molecule is Cc1ccc(C(C)C)c(OCC(=O)Nc2cccc(NC(=O)COc3ccccc3)c2)c1. The number of hydrogen-bond acceptors (Lipinski definition) is 4. The Hall–Kier alpha value is -3.80. The molecular weight excluding hydrogens is 404 g/mol. The van der Waals surface area contributed by atoms with Crippen molar-refractivity contribution in [2.75, 3.05) is 23.8 Å². The van der Waals surface area contributed by atoms with Crippen molar-refractivity contribution in [1.29, 1.82) is 0 Å². The number of carbonyl (C=O) groups excluding carboxylic acids is 2. The fraction of sp³-hybridized carbons (Fsp3) is 0.231. The molecule has 0 spiro atoms. The highest BCUT2D eigenvalue weighted by Gasteiger charge is 2.11. The Balaban J connectivity index is 1.52. The van der Waals surface area contributed by atoms with E-state index in [9.17, 15) is 9.59 Å². The average molecular weight is 433 g/mol. The van der Waals surface area contributed by atoms with Crippen molar-refractivity contribution in [3.05, 3.63) is 83.9 Å². The molecule has 0 aromatic heterocycles. The first-order chi connectivity index (χ1) is 15.4. The predicted octanol–water partition coefficient (Wildman–Crippen LogP) is 5.15. The molecule has 2 N–H and O–H groups in total. The molecule has 0 aliphatic rings. The number of carbonyl (C=O) groups is 2. The Bertz CT molecular complexity index is 1060. The first kappa shape index (κ1) is 22.9. The van der Waals surface area contributed by atoms with Crippen molar-refractivity contribution in [2.24, 2.45) is 0 Å². The van der Waals surface area contributed by atoms with Crippen LogP contribution in [-0.2, 0) is 9.59 Å². The van der Waals surface area contributed by atoms with Gasteiger partial charge in [0, 0.05) is 11.4 Å². The van der Waals surface area contributed by atoms with Gasteiger partial charge in [0.15, 0.2) is 13.2 Å². The van der Waals surface area contributed by atoms with Gasteiger partial charge in [0.2, 0.25) is 0 Å². The quantitative estimate of drug-likeness (QED) is 0.490. The highest BCUT2D eigenvalue weighted by atomic mass is 16.5. The van der Waals surface area contributed by atoms with Gasteiger partial charge in [-0.25, -0.2) is 0 Å². The van der Waals surface area contributed by atoms with Crippen LogP contribution in [-0.4, -0.2) is 25.0 Å². The third-order valence-electron chi connectivity index (χ3n) is 4.69. The molecule has 0 heterocycles. The molecule has 0 saturated carbocycles. The van der Waals surface area contributed by atoms with Gasteiger partial charge in [-0.2, -0.15) is 0 Å². The van der Waals surface area contributed by atoms with Gasteiger partial charge in [0.05, 0.1) is 0 Å². The monoisotopic (exact) mass is 432 g/mol. The Morgan fingerprint density at radius 2 is 1.41 bits per heavy atom. The predicted molar refractivity (Wildman–Crippen MR) is 126 cm³/mol. The summed E-state index contributed by atoms with van der Waals surface area (Å²) in [5.41, 5.74) is 3.26. The van der Waals surface area contributed by atoms with Crippen LogP contribution in [0.5, 0.6) is 11.5 Å². The molecule has 32 heavy (non-hydrogen) atoms. The molecule has 0 aliphatic heterocycles. The number of aryl methyl sites for hydroxylation is 1. The second-order valence-electron chi connectivity index (χ2n) is 7.76. The molecule has 0 radical (unpaired) electrons.